The maximum Gasteiger partial charge on any atom is 0.263 e. The summed E-state index contributed by atoms with van der Waals surface area (Å²) < 4.78 is 28.9. The molecule has 0 fully saturated rings. The Morgan fingerprint density at radius 2 is 1.73 bits per heavy atom. The fourth-order valence-electron chi connectivity index (χ4n) is 2.85. The minimum absolute atomic E-state index is 0.216. The van der Waals surface area contributed by atoms with Gasteiger partial charge in [-0.2, -0.15) is 0 Å². The highest BCUT2D eigenvalue weighted by Gasteiger charge is 2.18. The van der Waals surface area contributed by atoms with E-state index in [0.717, 1.165) is 21.9 Å². The third-order valence-corrected chi connectivity index (χ3v) is 6.84. The monoisotopic (exact) mass is 444 g/mol. The van der Waals surface area contributed by atoms with Gasteiger partial charge in [-0.3, -0.25) is 4.79 Å². The molecule has 158 valence electrons. The number of hydrogen-bond acceptors (Lipinski definition) is 6. The Hall–Kier alpha value is -2.71. The molecular weight excluding hydrogens is 420 g/mol. The molecule has 1 aromatic heterocycles. The topological polar surface area (TPSA) is 85.4 Å². The Morgan fingerprint density at radius 1 is 1.10 bits per heavy atom. The summed E-state index contributed by atoms with van der Waals surface area (Å²) in [4.78, 5) is 18.0. The molecule has 1 atom stereocenters. The van der Waals surface area contributed by atoms with Crippen molar-refractivity contribution in [2.24, 2.45) is 0 Å². The lowest BCUT2D eigenvalue weighted by atomic mass is 10.1. The molecule has 2 aromatic carbocycles. The quantitative estimate of drug-likeness (QED) is 0.589. The van der Waals surface area contributed by atoms with Crippen molar-refractivity contribution in [1.82, 2.24) is 10.3 Å². The summed E-state index contributed by atoms with van der Waals surface area (Å²) in [6.07, 6.45) is 1.17. The summed E-state index contributed by atoms with van der Waals surface area (Å²) in [6.45, 7) is 5.96. The zero-order chi connectivity index (χ0) is 21.9. The minimum Gasteiger partial charge on any atom is -0.486 e. The summed E-state index contributed by atoms with van der Waals surface area (Å²) >= 11 is 1.31. The Kier molecular flexibility index (Phi) is 6.58. The normalized spacial score (nSPS) is 12.4. The van der Waals surface area contributed by atoms with Crippen molar-refractivity contribution >= 4 is 27.1 Å². The lowest BCUT2D eigenvalue weighted by Crippen LogP contribution is -2.26. The van der Waals surface area contributed by atoms with Crippen molar-refractivity contribution in [2.75, 3.05) is 6.26 Å². The number of hydrogen-bond donors (Lipinski definition) is 1. The number of carbonyl (C=O) groups is 1. The van der Waals surface area contributed by atoms with Crippen LogP contribution in [0.25, 0.3) is 0 Å². The van der Waals surface area contributed by atoms with Crippen LogP contribution >= 0.6 is 11.3 Å². The molecule has 3 aromatic rings. The van der Waals surface area contributed by atoms with Crippen LogP contribution in [0.3, 0.4) is 0 Å². The molecule has 0 saturated heterocycles. The van der Waals surface area contributed by atoms with E-state index >= 15 is 0 Å². The van der Waals surface area contributed by atoms with Crippen molar-refractivity contribution in [3.63, 3.8) is 0 Å². The number of amides is 1. The molecule has 0 aliphatic carbocycles. The Balaban J connectivity index is 1.64. The molecule has 0 unspecified atom stereocenters. The van der Waals surface area contributed by atoms with Gasteiger partial charge in [-0.15, -0.1) is 11.3 Å². The van der Waals surface area contributed by atoms with Crippen LogP contribution in [0, 0.1) is 13.8 Å². The van der Waals surface area contributed by atoms with Crippen LogP contribution in [-0.2, 0) is 16.4 Å². The van der Waals surface area contributed by atoms with E-state index in [1.165, 1.54) is 17.6 Å². The number of aromatic nitrogens is 1. The van der Waals surface area contributed by atoms with Gasteiger partial charge < -0.3 is 10.1 Å². The van der Waals surface area contributed by atoms with E-state index in [1.54, 1.807) is 31.2 Å². The molecule has 1 N–H and O–H groups in total. The highest BCUT2D eigenvalue weighted by molar-refractivity contribution is 7.90. The second-order valence-electron chi connectivity index (χ2n) is 7.16. The lowest BCUT2D eigenvalue weighted by Gasteiger charge is -2.14. The fraction of sp³-hybridized carbons (Fsp3) is 0.273. The number of carbonyl (C=O) groups excluding carboxylic acids is 1. The summed E-state index contributed by atoms with van der Waals surface area (Å²) in [5, 5.41) is 3.67. The van der Waals surface area contributed by atoms with Crippen LogP contribution in [0.1, 0.15) is 44.5 Å². The molecule has 0 saturated carbocycles. The molecular formula is C22H24N2O4S2. The van der Waals surface area contributed by atoms with Crippen LogP contribution in [0.5, 0.6) is 5.75 Å². The van der Waals surface area contributed by atoms with Gasteiger partial charge in [-0.1, -0.05) is 29.8 Å². The van der Waals surface area contributed by atoms with Gasteiger partial charge in [0.25, 0.3) is 5.91 Å². The van der Waals surface area contributed by atoms with Crippen LogP contribution in [-0.4, -0.2) is 25.6 Å². The number of nitrogens with zero attached hydrogens (tertiary/aromatic N) is 1. The molecule has 6 nitrogen and oxygen atoms in total. The fourth-order valence-corrected chi connectivity index (χ4v) is 4.36. The third-order valence-electron chi connectivity index (χ3n) is 4.59. The van der Waals surface area contributed by atoms with Gasteiger partial charge in [-0.05, 0) is 50.6 Å². The number of ether oxygens (including phenoxy) is 1. The minimum atomic E-state index is -3.25. The summed E-state index contributed by atoms with van der Waals surface area (Å²) in [5.41, 5.74) is 2.63. The first-order valence-corrected chi connectivity index (χ1v) is 12.1. The Bertz CT molecular complexity index is 1130. The number of rotatable bonds is 7. The summed E-state index contributed by atoms with van der Waals surface area (Å²) in [7, 11) is -3.25. The second kappa shape index (κ2) is 8.97. The van der Waals surface area contributed by atoms with Crippen LogP contribution in [0.2, 0.25) is 0 Å². The van der Waals surface area contributed by atoms with E-state index in [0.29, 0.717) is 17.2 Å². The zero-order valence-corrected chi connectivity index (χ0v) is 18.9. The van der Waals surface area contributed by atoms with Gasteiger partial charge in [0, 0.05) is 6.26 Å². The van der Waals surface area contributed by atoms with E-state index in [2.05, 4.69) is 10.3 Å². The lowest BCUT2D eigenvalue weighted by molar-refractivity contribution is 0.0943. The van der Waals surface area contributed by atoms with Gasteiger partial charge in [0.15, 0.2) is 9.84 Å². The first kappa shape index (κ1) is 22.0. The average Bonchev–Trinajstić information content (AvgIpc) is 3.07. The number of aryl methyl sites for hydroxylation is 2. The summed E-state index contributed by atoms with van der Waals surface area (Å²) in [5.74, 6) is 0.539. The zero-order valence-electron chi connectivity index (χ0n) is 17.3. The molecule has 1 heterocycles. The van der Waals surface area contributed by atoms with Crippen LogP contribution < -0.4 is 10.1 Å². The number of nitrogens with one attached hydrogen (secondary N) is 1. The first-order chi connectivity index (χ1) is 14.1. The molecule has 1 amide bonds. The average molecular weight is 445 g/mol. The largest absolute Gasteiger partial charge is 0.486 e. The second-order valence-corrected chi connectivity index (χ2v) is 10.3. The molecule has 0 spiro atoms. The maximum absolute atomic E-state index is 12.7. The van der Waals surface area contributed by atoms with E-state index < -0.39 is 9.84 Å². The predicted octanol–water partition coefficient (Wildman–Crippen LogP) is 4.23. The maximum atomic E-state index is 12.7. The first-order valence-electron chi connectivity index (χ1n) is 9.40. The van der Waals surface area contributed by atoms with E-state index in [-0.39, 0.29) is 16.8 Å². The van der Waals surface area contributed by atoms with Crippen molar-refractivity contribution in [3.8, 4) is 5.75 Å². The highest BCUT2D eigenvalue weighted by atomic mass is 32.2. The van der Waals surface area contributed by atoms with Crippen molar-refractivity contribution in [3.05, 3.63) is 75.2 Å². The van der Waals surface area contributed by atoms with Crippen molar-refractivity contribution in [1.29, 1.82) is 0 Å². The van der Waals surface area contributed by atoms with E-state index in [4.69, 9.17) is 4.74 Å². The van der Waals surface area contributed by atoms with Crippen LogP contribution in [0.15, 0.2) is 53.4 Å². The van der Waals surface area contributed by atoms with Crippen molar-refractivity contribution < 1.29 is 17.9 Å². The van der Waals surface area contributed by atoms with E-state index in [9.17, 15) is 13.2 Å². The van der Waals surface area contributed by atoms with Crippen molar-refractivity contribution in [2.45, 2.75) is 38.3 Å². The number of thiazole rings is 1. The molecule has 0 aliphatic rings. The third kappa shape index (κ3) is 5.46. The molecule has 0 radical (unpaired) electrons. The summed E-state index contributed by atoms with van der Waals surface area (Å²) in [6, 6.07) is 14.0. The Labute approximate surface area is 180 Å². The number of benzene rings is 2. The predicted molar refractivity (Wildman–Crippen MR) is 118 cm³/mol. The van der Waals surface area contributed by atoms with Gasteiger partial charge >= 0.3 is 0 Å². The SMILES string of the molecule is Cc1ccc(OCc2nc(C)c(C(=O)N[C@@H](C)c3ccc(S(C)(=O)=O)cc3)s2)cc1. The molecule has 0 bridgehead atoms. The van der Waals surface area contributed by atoms with Gasteiger partial charge in [-0.25, -0.2) is 13.4 Å². The van der Waals surface area contributed by atoms with Crippen LogP contribution in [0.4, 0.5) is 0 Å². The van der Waals surface area contributed by atoms with Gasteiger partial charge in [0.1, 0.15) is 22.2 Å². The molecule has 30 heavy (non-hydrogen) atoms. The van der Waals surface area contributed by atoms with E-state index in [1.807, 2.05) is 38.1 Å². The Morgan fingerprint density at radius 3 is 2.33 bits per heavy atom. The molecule has 8 heteroatoms. The smallest absolute Gasteiger partial charge is 0.263 e. The standard InChI is InChI=1S/C22H24N2O4S2/c1-14-5-9-18(10-6-14)28-13-20-23-16(3)21(29-20)22(25)24-15(2)17-7-11-19(12-8-17)30(4,26)27/h5-12,15H,13H2,1-4H3,(H,24,25)/t15-/m0/s1. The number of sulfone groups is 1. The highest BCUT2D eigenvalue weighted by Crippen LogP contribution is 2.22. The molecule has 3 rings (SSSR count). The van der Waals surface area contributed by atoms with Gasteiger partial charge in [0.05, 0.1) is 16.6 Å². The van der Waals surface area contributed by atoms with Gasteiger partial charge in [0.2, 0.25) is 0 Å². The molecule has 0 aliphatic heterocycles.